The highest BCUT2D eigenvalue weighted by Crippen LogP contribution is 2.21. The molecule has 0 saturated heterocycles. The summed E-state index contributed by atoms with van der Waals surface area (Å²) in [5.74, 6) is 0.115. The molecule has 1 aromatic rings. The van der Waals surface area contributed by atoms with Crippen molar-refractivity contribution in [2.24, 2.45) is 5.73 Å². The highest BCUT2D eigenvalue weighted by atomic mass is 35.5. The van der Waals surface area contributed by atoms with Crippen molar-refractivity contribution >= 4 is 17.4 Å². The highest BCUT2D eigenvalue weighted by Gasteiger charge is 2.14. The van der Waals surface area contributed by atoms with E-state index in [0.717, 1.165) is 24.4 Å². The van der Waals surface area contributed by atoms with Gasteiger partial charge in [0.1, 0.15) is 0 Å². The average molecular weight is 215 g/mol. The summed E-state index contributed by atoms with van der Waals surface area (Å²) >= 11 is 6.12. The Kier molecular flexibility index (Phi) is 3.52. The molecule has 3 N–H and O–H groups in total. The van der Waals surface area contributed by atoms with E-state index in [4.69, 9.17) is 22.7 Å². The zero-order valence-corrected chi connectivity index (χ0v) is 9.23. The summed E-state index contributed by atoms with van der Waals surface area (Å²) in [5.41, 5.74) is 7.08. The van der Waals surface area contributed by atoms with E-state index < -0.39 is 0 Å². The van der Waals surface area contributed by atoms with Crippen LogP contribution < -0.4 is 5.73 Å². The Balaban J connectivity index is 3.10. The van der Waals surface area contributed by atoms with E-state index in [9.17, 15) is 0 Å². The minimum atomic E-state index is 0.115. The number of hydrogen-bond donors (Lipinski definition) is 2. The summed E-state index contributed by atoms with van der Waals surface area (Å²) < 4.78 is 1.81. The molecule has 0 aliphatic carbocycles. The lowest BCUT2D eigenvalue weighted by molar-refractivity contribution is 0.625. The number of nitrogens with two attached hydrogens (primary N) is 1. The molecule has 0 saturated carbocycles. The normalized spacial score (nSPS) is 10.5. The number of amidine groups is 1. The van der Waals surface area contributed by atoms with E-state index >= 15 is 0 Å². The molecule has 1 rings (SSSR count). The van der Waals surface area contributed by atoms with Gasteiger partial charge in [0.05, 0.1) is 22.2 Å². The fourth-order valence-electron chi connectivity index (χ4n) is 1.37. The summed E-state index contributed by atoms with van der Waals surface area (Å²) in [4.78, 5) is 0. The summed E-state index contributed by atoms with van der Waals surface area (Å²) in [6, 6.07) is 0. The van der Waals surface area contributed by atoms with Gasteiger partial charge in [0, 0.05) is 13.0 Å². The Morgan fingerprint density at radius 3 is 2.64 bits per heavy atom. The molecular formula is C9H15ClN4. The second-order valence-corrected chi connectivity index (χ2v) is 3.46. The quantitative estimate of drug-likeness (QED) is 0.591. The molecule has 0 bridgehead atoms. The smallest absolute Gasteiger partial charge is 0.0966 e. The maximum absolute atomic E-state index is 7.24. The van der Waals surface area contributed by atoms with Crippen molar-refractivity contribution in [1.29, 1.82) is 5.41 Å². The lowest BCUT2D eigenvalue weighted by Gasteiger charge is -2.03. The van der Waals surface area contributed by atoms with Gasteiger partial charge in [-0.05, 0) is 13.3 Å². The molecule has 78 valence electrons. The number of aromatic nitrogens is 2. The van der Waals surface area contributed by atoms with E-state index in [-0.39, 0.29) is 5.84 Å². The van der Waals surface area contributed by atoms with E-state index in [2.05, 4.69) is 5.10 Å². The SMILES string of the molecule is CCc1nn(CC)c(CC(=N)N)c1Cl. The molecule has 0 spiro atoms. The van der Waals surface area contributed by atoms with Gasteiger partial charge in [-0.2, -0.15) is 5.10 Å². The predicted molar refractivity (Wildman–Crippen MR) is 57.9 cm³/mol. The third kappa shape index (κ3) is 2.07. The second-order valence-electron chi connectivity index (χ2n) is 3.08. The molecular weight excluding hydrogens is 200 g/mol. The van der Waals surface area contributed by atoms with Crippen molar-refractivity contribution in [3.8, 4) is 0 Å². The van der Waals surface area contributed by atoms with Gasteiger partial charge in [-0.1, -0.05) is 18.5 Å². The first-order valence-electron chi connectivity index (χ1n) is 4.67. The van der Waals surface area contributed by atoms with Crippen LogP contribution in [0.25, 0.3) is 0 Å². The number of nitrogens with zero attached hydrogens (tertiary/aromatic N) is 2. The Morgan fingerprint density at radius 2 is 2.21 bits per heavy atom. The van der Waals surface area contributed by atoms with Gasteiger partial charge >= 0.3 is 0 Å². The van der Waals surface area contributed by atoms with Crippen LogP contribution in [0.3, 0.4) is 0 Å². The van der Waals surface area contributed by atoms with Gasteiger partial charge in [-0.15, -0.1) is 0 Å². The lowest BCUT2D eigenvalue weighted by atomic mass is 10.2. The van der Waals surface area contributed by atoms with Crippen LogP contribution in [0.2, 0.25) is 5.02 Å². The molecule has 5 heteroatoms. The van der Waals surface area contributed by atoms with Crippen LogP contribution >= 0.6 is 11.6 Å². The molecule has 0 unspecified atom stereocenters. The van der Waals surface area contributed by atoms with E-state index in [1.807, 2.05) is 18.5 Å². The van der Waals surface area contributed by atoms with Crippen LogP contribution in [-0.4, -0.2) is 15.6 Å². The fourth-order valence-corrected chi connectivity index (χ4v) is 1.70. The number of aryl methyl sites for hydroxylation is 2. The molecule has 0 aliphatic heterocycles. The molecule has 1 heterocycles. The Hall–Kier alpha value is -1.03. The summed E-state index contributed by atoms with van der Waals surface area (Å²) in [7, 11) is 0. The molecule has 1 aromatic heterocycles. The van der Waals surface area contributed by atoms with Crippen molar-refractivity contribution in [3.63, 3.8) is 0 Å². The van der Waals surface area contributed by atoms with Crippen LogP contribution in [0.4, 0.5) is 0 Å². The standard InChI is InChI=1S/C9H15ClN4/c1-3-6-9(10)7(5-8(11)12)14(4-2)13-6/h3-5H2,1-2H3,(H3,11,12). The first kappa shape index (κ1) is 11.0. The van der Waals surface area contributed by atoms with Gasteiger partial charge in [-0.3, -0.25) is 10.1 Å². The van der Waals surface area contributed by atoms with E-state index in [1.54, 1.807) is 0 Å². The van der Waals surface area contributed by atoms with Crippen LogP contribution in [0.1, 0.15) is 25.2 Å². The van der Waals surface area contributed by atoms with Crippen LogP contribution in [-0.2, 0) is 19.4 Å². The van der Waals surface area contributed by atoms with E-state index in [0.29, 0.717) is 11.4 Å². The molecule has 14 heavy (non-hydrogen) atoms. The first-order chi connectivity index (χ1) is 6.60. The third-order valence-corrected chi connectivity index (χ3v) is 2.49. The van der Waals surface area contributed by atoms with Crippen LogP contribution in [0.15, 0.2) is 0 Å². The monoisotopic (exact) mass is 214 g/mol. The Labute approximate surface area is 88.6 Å². The molecule has 0 fully saturated rings. The maximum Gasteiger partial charge on any atom is 0.0966 e. The molecule has 0 amide bonds. The first-order valence-corrected chi connectivity index (χ1v) is 5.04. The van der Waals surface area contributed by atoms with Gasteiger partial charge in [0.25, 0.3) is 0 Å². The average Bonchev–Trinajstić information content (AvgIpc) is 2.43. The topological polar surface area (TPSA) is 67.7 Å². The molecule has 4 nitrogen and oxygen atoms in total. The zero-order chi connectivity index (χ0) is 10.7. The number of halogens is 1. The van der Waals surface area contributed by atoms with Gasteiger partial charge in [-0.25, -0.2) is 0 Å². The summed E-state index contributed by atoms with van der Waals surface area (Å²) in [5, 5.41) is 12.2. The van der Waals surface area contributed by atoms with Crippen LogP contribution in [0.5, 0.6) is 0 Å². The lowest BCUT2D eigenvalue weighted by Crippen LogP contribution is -2.16. The zero-order valence-electron chi connectivity index (χ0n) is 8.47. The Morgan fingerprint density at radius 1 is 1.57 bits per heavy atom. The largest absolute Gasteiger partial charge is 0.387 e. The molecule has 0 aromatic carbocycles. The number of rotatable bonds is 4. The molecule has 0 atom stereocenters. The summed E-state index contributed by atoms with van der Waals surface area (Å²) in [6.07, 6.45) is 1.18. The highest BCUT2D eigenvalue weighted by molar-refractivity contribution is 6.32. The Bertz CT molecular complexity index is 343. The maximum atomic E-state index is 7.24. The fraction of sp³-hybridized carbons (Fsp3) is 0.556. The van der Waals surface area contributed by atoms with Gasteiger partial charge < -0.3 is 5.73 Å². The van der Waals surface area contributed by atoms with Crippen molar-refractivity contribution in [2.45, 2.75) is 33.2 Å². The second kappa shape index (κ2) is 4.46. The minimum Gasteiger partial charge on any atom is -0.387 e. The van der Waals surface area contributed by atoms with Gasteiger partial charge in [0.2, 0.25) is 0 Å². The van der Waals surface area contributed by atoms with Crippen molar-refractivity contribution in [2.75, 3.05) is 0 Å². The predicted octanol–water partition coefficient (Wildman–Crippen LogP) is 1.60. The number of hydrogen-bond acceptors (Lipinski definition) is 2. The third-order valence-electron chi connectivity index (χ3n) is 2.05. The molecule has 0 aliphatic rings. The summed E-state index contributed by atoms with van der Waals surface area (Å²) in [6.45, 7) is 4.75. The number of nitrogens with one attached hydrogen (secondary N) is 1. The van der Waals surface area contributed by atoms with Crippen molar-refractivity contribution < 1.29 is 0 Å². The molecule has 0 radical (unpaired) electrons. The van der Waals surface area contributed by atoms with Crippen molar-refractivity contribution in [1.82, 2.24) is 9.78 Å². The van der Waals surface area contributed by atoms with E-state index in [1.165, 1.54) is 0 Å². The van der Waals surface area contributed by atoms with Crippen LogP contribution in [0, 0.1) is 5.41 Å². The van der Waals surface area contributed by atoms with Gasteiger partial charge in [0.15, 0.2) is 0 Å². The minimum absolute atomic E-state index is 0.115. The van der Waals surface area contributed by atoms with Crippen molar-refractivity contribution in [3.05, 3.63) is 16.4 Å².